The van der Waals surface area contributed by atoms with E-state index in [1.165, 1.54) is 0 Å². The summed E-state index contributed by atoms with van der Waals surface area (Å²) in [5.41, 5.74) is 2.20. The predicted molar refractivity (Wildman–Crippen MR) is 69.6 cm³/mol. The third-order valence-corrected chi connectivity index (χ3v) is 12.1. The van der Waals surface area contributed by atoms with E-state index in [2.05, 4.69) is 53.1 Å². The molecule has 0 N–H and O–H groups in total. The first-order valence-corrected chi connectivity index (χ1v) is 10.8. The molecule has 0 atom stereocenters. The van der Waals surface area contributed by atoms with E-state index in [4.69, 9.17) is 3.48 Å². The number of hydrogen-bond acceptors (Lipinski definition) is 1. The summed E-state index contributed by atoms with van der Waals surface area (Å²) in [5.74, 6) is 4.60. The summed E-state index contributed by atoms with van der Waals surface area (Å²) < 4.78 is 6.50. The number of rotatable bonds is 5. The predicted octanol–water partition coefficient (Wildman–Crippen LogP) is 4.43. The summed E-state index contributed by atoms with van der Waals surface area (Å²) in [6.07, 6.45) is 0. The summed E-state index contributed by atoms with van der Waals surface area (Å²) in [5, 5.41) is 0. The molecule has 1 nitrogen and oxygen atoms in total. The Kier molecular flexibility index (Phi) is 5.99. The van der Waals surface area contributed by atoms with Crippen molar-refractivity contribution in [1.29, 1.82) is 0 Å². The van der Waals surface area contributed by atoms with Crippen molar-refractivity contribution in [2.75, 3.05) is 0 Å². The van der Waals surface area contributed by atoms with Crippen LogP contribution in [0.5, 0.6) is 0 Å². The summed E-state index contributed by atoms with van der Waals surface area (Å²) >= 11 is -0.902. The number of hydrogen-bond donors (Lipinski definition) is 0. The summed E-state index contributed by atoms with van der Waals surface area (Å²) in [4.78, 5) is 0. The molecule has 0 radical (unpaired) electrons. The van der Waals surface area contributed by atoms with Gasteiger partial charge in [-0.25, -0.2) is 0 Å². The van der Waals surface area contributed by atoms with E-state index in [1.807, 2.05) is 0 Å². The van der Waals surface area contributed by atoms with E-state index >= 15 is 0 Å². The second-order valence-corrected chi connectivity index (χ2v) is 13.7. The van der Waals surface area contributed by atoms with Gasteiger partial charge in [-0.15, -0.1) is 0 Å². The van der Waals surface area contributed by atoms with Gasteiger partial charge in [0.25, 0.3) is 0 Å². The molecule has 0 aliphatic carbocycles. The quantitative estimate of drug-likeness (QED) is 0.635. The molecule has 14 heavy (non-hydrogen) atoms. The molecule has 0 unspecified atom stereocenters. The highest BCUT2D eigenvalue weighted by Crippen LogP contribution is 2.42. The Morgan fingerprint density at radius 3 is 1.14 bits per heavy atom. The average molecular weight is 230 g/mol. The van der Waals surface area contributed by atoms with Gasteiger partial charge in [-0.05, 0) is 16.6 Å². The fraction of sp³-hybridized carbons (Fsp3) is 1.00. The van der Waals surface area contributed by atoms with Crippen LogP contribution in [-0.2, 0) is 3.48 Å². The molecule has 0 saturated carbocycles. The Morgan fingerprint density at radius 2 is 1.07 bits per heavy atom. The molecule has 0 heterocycles. The van der Waals surface area contributed by atoms with Crippen LogP contribution in [0.4, 0.5) is 0 Å². The van der Waals surface area contributed by atoms with E-state index in [0.717, 1.165) is 16.6 Å². The lowest BCUT2D eigenvalue weighted by Gasteiger charge is -2.44. The molecule has 0 aromatic heterocycles. The summed E-state index contributed by atoms with van der Waals surface area (Å²) in [7, 11) is -1.53. The van der Waals surface area contributed by atoms with E-state index in [9.17, 15) is 0 Å². The van der Waals surface area contributed by atoms with E-state index in [-0.39, 0.29) is 0 Å². The van der Waals surface area contributed by atoms with Gasteiger partial charge in [-0.3, -0.25) is 0 Å². The van der Waals surface area contributed by atoms with Crippen molar-refractivity contribution in [2.24, 2.45) is 0 Å². The Hall–Kier alpha value is 0.709. The summed E-state index contributed by atoms with van der Waals surface area (Å²) in [6.45, 7) is 14.1. The standard InChI is InChI=1S/C9H21OSi.2CH3.Al/c1-7(2)11(10,8(3)4)9(5)6;;;/h7-9H,1-6H3;2*1H3;/q-1;;;+1. The van der Waals surface area contributed by atoms with Crippen molar-refractivity contribution in [1.82, 2.24) is 0 Å². The van der Waals surface area contributed by atoms with Crippen LogP contribution in [0.15, 0.2) is 0 Å². The van der Waals surface area contributed by atoms with Gasteiger partial charge in [-0.2, -0.15) is 0 Å². The van der Waals surface area contributed by atoms with Crippen LogP contribution in [0.2, 0.25) is 28.2 Å². The first-order valence-electron chi connectivity index (χ1n) is 5.92. The third-order valence-electron chi connectivity index (χ3n) is 3.15. The van der Waals surface area contributed by atoms with Gasteiger partial charge < -0.3 is 3.48 Å². The normalized spacial score (nSPS) is 13.1. The van der Waals surface area contributed by atoms with Gasteiger partial charge in [0.15, 0.2) is 8.32 Å². The molecule has 0 aromatic rings. The minimum atomic E-state index is -1.53. The highest BCUT2D eigenvalue weighted by molar-refractivity contribution is 6.82. The maximum absolute atomic E-state index is 6.50. The molecule has 84 valence electrons. The van der Waals surface area contributed by atoms with Crippen molar-refractivity contribution in [2.45, 2.75) is 69.7 Å². The van der Waals surface area contributed by atoms with Crippen molar-refractivity contribution in [3.05, 3.63) is 0 Å². The molecule has 0 fully saturated rings. The lowest BCUT2D eigenvalue weighted by molar-refractivity contribution is 0.495. The first kappa shape index (κ1) is 14.7. The zero-order valence-corrected chi connectivity index (χ0v) is 13.4. The van der Waals surface area contributed by atoms with Gasteiger partial charge in [0.05, 0.1) is 0 Å². The Morgan fingerprint density at radius 1 is 0.786 bits per heavy atom. The third kappa shape index (κ3) is 3.10. The molecule has 0 aromatic carbocycles. The molecule has 0 rings (SSSR count). The van der Waals surface area contributed by atoms with Crippen LogP contribution in [0.3, 0.4) is 0 Å². The second kappa shape index (κ2) is 5.70. The maximum Gasteiger partial charge on any atom is 0.443 e. The molecule has 0 aliphatic heterocycles. The van der Waals surface area contributed by atoms with E-state index in [1.54, 1.807) is 0 Å². The Labute approximate surface area is 96.1 Å². The van der Waals surface area contributed by atoms with Crippen LogP contribution in [0.25, 0.3) is 0 Å². The minimum Gasteiger partial charge on any atom is -0.545 e. The highest BCUT2D eigenvalue weighted by Gasteiger charge is 2.44. The van der Waals surface area contributed by atoms with Crippen LogP contribution in [-0.4, -0.2) is 22.8 Å². The molecule has 0 spiro atoms. The lowest BCUT2D eigenvalue weighted by atomic mass is 10.5. The van der Waals surface area contributed by atoms with E-state index < -0.39 is 22.8 Å². The molecule has 0 amide bonds. The van der Waals surface area contributed by atoms with Crippen molar-refractivity contribution >= 4 is 22.8 Å². The van der Waals surface area contributed by atoms with Gasteiger partial charge in [0.2, 0.25) is 0 Å². The van der Waals surface area contributed by atoms with Crippen LogP contribution in [0, 0.1) is 0 Å². The average Bonchev–Trinajstić information content (AvgIpc) is 1.97. The molecule has 3 heteroatoms. The second-order valence-electron chi connectivity index (χ2n) is 5.48. The smallest absolute Gasteiger partial charge is 0.443 e. The van der Waals surface area contributed by atoms with Gasteiger partial charge in [0.1, 0.15) is 0 Å². The van der Waals surface area contributed by atoms with Crippen molar-refractivity contribution in [3.8, 4) is 0 Å². The molecule has 0 aliphatic rings. The Bertz CT molecular complexity index is 145. The van der Waals surface area contributed by atoms with Crippen molar-refractivity contribution in [3.63, 3.8) is 0 Å². The molecular weight excluding hydrogens is 203 g/mol. The zero-order valence-electron chi connectivity index (χ0n) is 11.2. The van der Waals surface area contributed by atoms with Crippen LogP contribution in [0.1, 0.15) is 41.5 Å². The van der Waals surface area contributed by atoms with Crippen LogP contribution >= 0.6 is 0 Å². The zero-order chi connectivity index (χ0) is 11.5. The van der Waals surface area contributed by atoms with Crippen molar-refractivity contribution < 1.29 is 3.48 Å². The maximum atomic E-state index is 6.50. The van der Waals surface area contributed by atoms with Gasteiger partial charge in [-0.1, -0.05) is 53.1 Å². The Balaban J connectivity index is 4.95. The fourth-order valence-corrected chi connectivity index (χ4v) is 13.3. The van der Waals surface area contributed by atoms with E-state index in [0.29, 0.717) is 0 Å². The molecule has 0 saturated heterocycles. The lowest BCUT2D eigenvalue weighted by Crippen LogP contribution is -2.50. The SMILES string of the molecule is CC(C)[Si]([O][Al]([CH3])[CH3])(C(C)C)C(C)C. The highest BCUT2D eigenvalue weighted by atomic mass is 28.4. The molecule has 0 bridgehead atoms. The molecular formula is C11H27AlOSi. The summed E-state index contributed by atoms with van der Waals surface area (Å²) in [6, 6.07) is 0. The monoisotopic (exact) mass is 230 g/mol. The first-order chi connectivity index (χ1) is 6.25. The van der Waals surface area contributed by atoms with Gasteiger partial charge in [0, 0.05) is 0 Å². The largest absolute Gasteiger partial charge is 0.545 e. The topological polar surface area (TPSA) is 9.23 Å². The van der Waals surface area contributed by atoms with Crippen LogP contribution < -0.4 is 0 Å². The minimum absolute atomic E-state index is 0.734. The fourth-order valence-electron chi connectivity index (χ4n) is 2.82. The van der Waals surface area contributed by atoms with Gasteiger partial charge >= 0.3 is 14.5 Å².